The van der Waals surface area contributed by atoms with E-state index in [4.69, 9.17) is 16.3 Å². The Kier molecular flexibility index (Phi) is 4.81. The van der Waals surface area contributed by atoms with Crippen LogP contribution in [-0.2, 0) is 9.53 Å². The van der Waals surface area contributed by atoms with Crippen molar-refractivity contribution >= 4 is 23.4 Å². The average molecular weight is 299 g/mol. The Morgan fingerprint density at radius 3 is 2.60 bits per heavy atom. The Morgan fingerprint density at radius 2 is 2.05 bits per heavy atom. The van der Waals surface area contributed by atoms with Crippen LogP contribution in [0.15, 0.2) is 6.20 Å². The van der Waals surface area contributed by atoms with Gasteiger partial charge >= 0.3 is 5.97 Å². The number of ether oxygens (including phenoxy) is 1. The van der Waals surface area contributed by atoms with Gasteiger partial charge in [0.2, 0.25) is 0 Å². The first-order valence-corrected chi connectivity index (χ1v) is 7.33. The molecule has 0 spiro atoms. The van der Waals surface area contributed by atoms with Gasteiger partial charge in [0.25, 0.3) is 0 Å². The maximum atomic E-state index is 11.7. The van der Waals surface area contributed by atoms with Gasteiger partial charge in [-0.1, -0.05) is 11.6 Å². The van der Waals surface area contributed by atoms with Gasteiger partial charge in [-0.05, 0) is 39.5 Å². The van der Waals surface area contributed by atoms with Crippen LogP contribution in [0.1, 0.15) is 55.9 Å². The highest BCUT2D eigenvalue weighted by Gasteiger charge is 2.28. The summed E-state index contributed by atoms with van der Waals surface area (Å²) in [6, 6.07) is 0.154. The Hall–Kier alpha value is -1.36. The fourth-order valence-corrected chi connectivity index (χ4v) is 2.98. The third kappa shape index (κ3) is 3.03. The van der Waals surface area contributed by atoms with E-state index in [1.165, 1.54) is 6.20 Å². The molecule has 0 aliphatic heterocycles. The standard InChI is InChI=1S/C14H19ClN2O3/c1-3-20-14(19)12-8-16-17(13(12)15)11-6-4-10(5-7-11)9(2)18/h8,10-11H,3-7H2,1-2H3. The van der Waals surface area contributed by atoms with Gasteiger partial charge in [0.05, 0.1) is 18.8 Å². The quantitative estimate of drug-likeness (QED) is 0.802. The van der Waals surface area contributed by atoms with Crippen molar-refractivity contribution in [3.8, 4) is 0 Å². The predicted molar refractivity (Wildman–Crippen MR) is 74.9 cm³/mol. The number of carbonyl (C=O) groups excluding carboxylic acids is 2. The highest BCUT2D eigenvalue weighted by Crippen LogP contribution is 2.34. The van der Waals surface area contributed by atoms with E-state index in [-0.39, 0.29) is 17.7 Å². The number of aromatic nitrogens is 2. The average Bonchev–Trinajstić information content (AvgIpc) is 2.81. The molecule has 6 heteroatoms. The molecule has 0 bridgehead atoms. The zero-order valence-electron chi connectivity index (χ0n) is 11.8. The minimum atomic E-state index is -0.443. The topological polar surface area (TPSA) is 61.2 Å². The van der Waals surface area contributed by atoms with E-state index < -0.39 is 5.97 Å². The molecule has 1 fully saturated rings. The Bertz CT molecular complexity index is 505. The lowest BCUT2D eigenvalue weighted by atomic mass is 9.84. The lowest BCUT2D eigenvalue weighted by molar-refractivity contribution is -0.121. The minimum absolute atomic E-state index is 0.154. The van der Waals surface area contributed by atoms with Crippen molar-refractivity contribution in [2.24, 2.45) is 5.92 Å². The van der Waals surface area contributed by atoms with Gasteiger partial charge in [-0.2, -0.15) is 5.10 Å². The van der Waals surface area contributed by atoms with E-state index >= 15 is 0 Å². The van der Waals surface area contributed by atoms with Crippen molar-refractivity contribution in [3.63, 3.8) is 0 Å². The fraction of sp³-hybridized carbons (Fsp3) is 0.643. The van der Waals surface area contributed by atoms with Crippen LogP contribution in [0.5, 0.6) is 0 Å². The molecule has 0 amide bonds. The number of rotatable bonds is 4. The van der Waals surface area contributed by atoms with Crippen LogP contribution in [0.3, 0.4) is 0 Å². The first kappa shape index (κ1) is 15.0. The summed E-state index contributed by atoms with van der Waals surface area (Å²) < 4.78 is 6.62. The summed E-state index contributed by atoms with van der Waals surface area (Å²) in [4.78, 5) is 23.1. The van der Waals surface area contributed by atoms with Crippen molar-refractivity contribution in [2.45, 2.75) is 45.6 Å². The van der Waals surface area contributed by atoms with E-state index in [1.807, 2.05) is 0 Å². The van der Waals surface area contributed by atoms with Gasteiger partial charge in [-0.15, -0.1) is 0 Å². The molecule has 0 atom stereocenters. The van der Waals surface area contributed by atoms with Crippen LogP contribution in [0.25, 0.3) is 0 Å². The van der Waals surface area contributed by atoms with E-state index in [9.17, 15) is 9.59 Å². The fourth-order valence-electron chi connectivity index (χ4n) is 2.67. The molecule has 1 heterocycles. The van der Waals surface area contributed by atoms with E-state index in [2.05, 4.69) is 5.10 Å². The molecular weight excluding hydrogens is 280 g/mol. The Balaban J connectivity index is 2.08. The van der Waals surface area contributed by atoms with Crippen LogP contribution in [0.4, 0.5) is 0 Å². The maximum Gasteiger partial charge on any atom is 0.342 e. The second-order valence-electron chi connectivity index (χ2n) is 5.13. The molecule has 1 aliphatic rings. The van der Waals surface area contributed by atoms with Gasteiger partial charge in [-0.3, -0.25) is 9.48 Å². The molecule has 110 valence electrons. The van der Waals surface area contributed by atoms with Crippen LogP contribution in [0, 0.1) is 5.92 Å². The number of hydrogen-bond acceptors (Lipinski definition) is 4. The summed E-state index contributed by atoms with van der Waals surface area (Å²) in [5, 5.41) is 4.54. The molecule has 0 radical (unpaired) electrons. The molecule has 0 N–H and O–H groups in total. The number of hydrogen-bond donors (Lipinski definition) is 0. The minimum Gasteiger partial charge on any atom is -0.462 e. The van der Waals surface area contributed by atoms with Crippen molar-refractivity contribution in [1.82, 2.24) is 9.78 Å². The Labute approximate surface area is 123 Å². The van der Waals surface area contributed by atoms with Gasteiger partial charge in [0.1, 0.15) is 16.5 Å². The molecule has 2 rings (SSSR count). The highest BCUT2D eigenvalue weighted by molar-refractivity contribution is 6.32. The highest BCUT2D eigenvalue weighted by atomic mass is 35.5. The molecule has 1 aliphatic carbocycles. The van der Waals surface area contributed by atoms with Crippen molar-refractivity contribution in [2.75, 3.05) is 6.61 Å². The predicted octanol–water partition coefficient (Wildman–Crippen LogP) is 3.03. The first-order valence-electron chi connectivity index (χ1n) is 6.95. The summed E-state index contributed by atoms with van der Waals surface area (Å²) >= 11 is 6.22. The normalized spacial score (nSPS) is 22.6. The number of ketones is 1. The lowest BCUT2D eigenvalue weighted by Gasteiger charge is -2.27. The maximum absolute atomic E-state index is 11.7. The number of nitrogens with zero attached hydrogens (tertiary/aromatic N) is 2. The number of carbonyl (C=O) groups is 2. The summed E-state index contributed by atoms with van der Waals surface area (Å²) in [6.07, 6.45) is 4.87. The molecule has 0 saturated heterocycles. The largest absolute Gasteiger partial charge is 0.462 e. The van der Waals surface area contributed by atoms with Crippen molar-refractivity contribution in [1.29, 1.82) is 0 Å². The Morgan fingerprint density at radius 1 is 1.40 bits per heavy atom. The van der Waals surface area contributed by atoms with Crippen LogP contribution in [0.2, 0.25) is 5.15 Å². The molecule has 5 nitrogen and oxygen atoms in total. The monoisotopic (exact) mass is 298 g/mol. The SMILES string of the molecule is CCOC(=O)c1cnn(C2CCC(C(C)=O)CC2)c1Cl. The summed E-state index contributed by atoms with van der Waals surface area (Å²) in [7, 11) is 0. The summed E-state index contributed by atoms with van der Waals surface area (Å²) in [5.74, 6) is -0.0338. The second-order valence-corrected chi connectivity index (χ2v) is 5.49. The molecule has 20 heavy (non-hydrogen) atoms. The third-order valence-corrected chi connectivity index (χ3v) is 4.22. The van der Waals surface area contributed by atoms with E-state index in [0.717, 1.165) is 25.7 Å². The lowest BCUT2D eigenvalue weighted by Crippen LogP contribution is -2.23. The molecule has 0 unspecified atom stereocenters. The van der Waals surface area contributed by atoms with Crippen LogP contribution >= 0.6 is 11.6 Å². The molecule has 1 aromatic rings. The zero-order chi connectivity index (χ0) is 14.7. The van der Waals surface area contributed by atoms with Gasteiger partial charge in [-0.25, -0.2) is 4.79 Å². The number of esters is 1. The van der Waals surface area contributed by atoms with Gasteiger partial charge in [0, 0.05) is 5.92 Å². The third-order valence-electron chi connectivity index (χ3n) is 3.85. The van der Waals surface area contributed by atoms with Crippen LogP contribution < -0.4 is 0 Å². The molecule has 0 aromatic carbocycles. The van der Waals surface area contributed by atoms with E-state index in [0.29, 0.717) is 17.3 Å². The number of Topliss-reactive ketones (excluding diaryl/α,β-unsaturated/α-hetero) is 1. The van der Waals surface area contributed by atoms with Gasteiger partial charge in [0.15, 0.2) is 0 Å². The van der Waals surface area contributed by atoms with Crippen molar-refractivity contribution in [3.05, 3.63) is 16.9 Å². The van der Waals surface area contributed by atoms with Crippen LogP contribution in [-0.4, -0.2) is 28.1 Å². The van der Waals surface area contributed by atoms with E-state index in [1.54, 1.807) is 18.5 Å². The number of halogens is 1. The molecule has 1 aromatic heterocycles. The zero-order valence-corrected chi connectivity index (χ0v) is 12.5. The smallest absolute Gasteiger partial charge is 0.342 e. The van der Waals surface area contributed by atoms with Crippen molar-refractivity contribution < 1.29 is 14.3 Å². The summed E-state index contributed by atoms with van der Waals surface area (Å²) in [6.45, 7) is 3.70. The second kappa shape index (κ2) is 6.39. The molecule has 1 saturated carbocycles. The van der Waals surface area contributed by atoms with Gasteiger partial charge < -0.3 is 4.74 Å². The first-order chi connectivity index (χ1) is 9.54. The molecular formula is C14H19ClN2O3. The summed E-state index contributed by atoms with van der Waals surface area (Å²) in [5.41, 5.74) is 0.308.